The minimum absolute atomic E-state index is 0.0133. The Hall–Kier alpha value is -1.06. The highest BCUT2D eigenvalue weighted by Crippen LogP contribution is 2.36. The van der Waals surface area contributed by atoms with Gasteiger partial charge in [-0.15, -0.1) is 0 Å². The van der Waals surface area contributed by atoms with Gasteiger partial charge in [0.05, 0.1) is 0 Å². The highest BCUT2D eigenvalue weighted by Gasteiger charge is 2.47. The SMILES string of the molecule is CC(=O)O[C@@H]1C(=O)O[C@@H]2CCCC[C@H]12. The smallest absolute Gasteiger partial charge is 0.348 e. The summed E-state index contributed by atoms with van der Waals surface area (Å²) in [6.07, 6.45) is 3.37. The lowest BCUT2D eigenvalue weighted by Crippen LogP contribution is -2.31. The van der Waals surface area contributed by atoms with E-state index in [0.717, 1.165) is 25.7 Å². The second-order valence-corrected chi connectivity index (χ2v) is 3.95. The molecule has 78 valence electrons. The quantitative estimate of drug-likeness (QED) is 0.590. The zero-order valence-electron chi connectivity index (χ0n) is 8.19. The Kier molecular flexibility index (Phi) is 2.44. The molecule has 0 spiro atoms. The van der Waals surface area contributed by atoms with E-state index in [1.807, 2.05) is 0 Å². The first-order valence-electron chi connectivity index (χ1n) is 5.06. The van der Waals surface area contributed by atoms with Gasteiger partial charge in [-0.05, 0) is 19.3 Å². The van der Waals surface area contributed by atoms with Crippen LogP contribution in [-0.4, -0.2) is 24.1 Å². The molecule has 0 aromatic rings. The van der Waals surface area contributed by atoms with E-state index in [4.69, 9.17) is 9.47 Å². The molecule has 2 aliphatic rings. The average molecular weight is 198 g/mol. The van der Waals surface area contributed by atoms with Crippen molar-refractivity contribution in [2.45, 2.75) is 44.8 Å². The van der Waals surface area contributed by atoms with Crippen LogP contribution >= 0.6 is 0 Å². The average Bonchev–Trinajstić information content (AvgIpc) is 2.43. The summed E-state index contributed by atoms with van der Waals surface area (Å²) >= 11 is 0. The van der Waals surface area contributed by atoms with Crippen LogP contribution in [0.4, 0.5) is 0 Å². The number of carbonyl (C=O) groups is 2. The Labute approximate surface area is 82.6 Å². The van der Waals surface area contributed by atoms with Crippen molar-refractivity contribution in [1.29, 1.82) is 0 Å². The first-order chi connectivity index (χ1) is 6.68. The molecule has 3 atom stereocenters. The Balaban J connectivity index is 2.07. The molecule has 1 heterocycles. The predicted octanol–water partition coefficient (Wildman–Crippen LogP) is 1.03. The van der Waals surface area contributed by atoms with E-state index in [-0.39, 0.29) is 18.0 Å². The molecule has 4 heteroatoms. The van der Waals surface area contributed by atoms with Gasteiger partial charge in [-0.3, -0.25) is 4.79 Å². The number of fused-ring (bicyclic) bond motifs is 1. The highest BCUT2D eigenvalue weighted by atomic mass is 16.6. The maximum absolute atomic E-state index is 11.4. The molecule has 2 rings (SSSR count). The lowest BCUT2D eigenvalue weighted by atomic mass is 9.85. The van der Waals surface area contributed by atoms with E-state index >= 15 is 0 Å². The van der Waals surface area contributed by atoms with E-state index in [1.54, 1.807) is 0 Å². The normalized spacial score (nSPS) is 36.1. The van der Waals surface area contributed by atoms with Crippen LogP contribution in [0, 0.1) is 5.92 Å². The molecule has 2 fully saturated rings. The third-order valence-electron chi connectivity index (χ3n) is 2.94. The number of hydrogen-bond donors (Lipinski definition) is 0. The number of esters is 2. The van der Waals surface area contributed by atoms with Crippen molar-refractivity contribution < 1.29 is 19.1 Å². The molecule has 14 heavy (non-hydrogen) atoms. The van der Waals surface area contributed by atoms with Crippen molar-refractivity contribution in [2.75, 3.05) is 0 Å². The van der Waals surface area contributed by atoms with Gasteiger partial charge in [0.15, 0.2) is 0 Å². The van der Waals surface area contributed by atoms with E-state index < -0.39 is 12.1 Å². The van der Waals surface area contributed by atoms with Crippen LogP contribution in [0.2, 0.25) is 0 Å². The van der Waals surface area contributed by atoms with Crippen LogP contribution in [0.5, 0.6) is 0 Å². The highest BCUT2D eigenvalue weighted by molar-refractivity contribution is 5.80. The fourth-order valence-corrected chi connectivity index (χ4v) is 2.32. The Morgan fingerprint density at radius 2 is 2.14 bits per heavy atom. The van der Waals surface area contributed by atoms with E-state index in [2.05, 4.69) is 0 Å². The third-order valence-corrected chi connectivity index (χ3v) is 2.94. The first-order valence-corrected chi connectivity index (χ1v) is 5.06. The lowest BCUT2D eigenvalue weighted by Gasteiger charge is -2.24. The van der Waals surface area contributed by atoms with Gasteiger partial charge in [0.2, 0.25) is 6.10 Å². The molecule has 1 saturated carbocycles. The van der Waals surface area contributed by atoms with Crippen molar-refractivity contribution in [3.8, 4) is 0 Å². The van der Waals surface area contributed by atoms with Gasteiger partial charge in [0.25, 0.3) is 0 Å². The molecule has 0 amide bonds. The molecule has 0 aromatic carbocycles. The Morgan fingerprint density at radius 3 is 2.86 bits per heavy atom. The van der Waals surface area contributed by atoms with Crippen molar-refractivity contribution in [2.24, 2.45) is 5.92 Å². The molecule has 0 radical (unpaired) electrons. The summed E-state index contributed by atoms with van der Waals surface area (Å²) in [5, 5.41) is 0. The van der Waals surface area contributed by atoms with Crippen LogP contribution in [-0.2, 0) is 19.1 Å². The summed E-state index contributed by atoms with van der Waals surface area (Å²) in [6.45, 7) is 1.32. The van der Waals surface area contributed by atoms with E-state index in [1.165, 1.54) is 6.92 Å². The standard InChI is InChI=1S/C10H14O4/c1-6(11)13-9-7-4-2-3-5-8(7)14-10(9)12/h7-9H,2-5H2,1H3/t7-,8+,9-/m0/s1. The number of ether oxygens (including phenoxy) is 2. The Morgan fingerprint density at radius 1 is 1.43 bits per heavy atom. The van der Waals surface area contributed by atoms with Gasteiger partial charge >= 0.3 is 11.9 Å². The van der Waals surface area contributed by atoms with Gasteiger partial charge < -0.3 is 9.47 Å². The molecule has 1 saturated heterocycles. The monoisotopic (exact) mass is 198 g/mol. The van der Waals surface area contributed by atoms with Crippen molar-refractivity contribution >= 4 is 11.9 Å². The second kappa shape index (κ2) is 3.59. The van der Waals surface area contributed by atoms with Gasteiger partial charge in [-0.1, -0.05) is 6.42 Å². The minimum atomic E-state index is -0.641. The largest absolute Gasteiger partial charge is 0.459 e. The molecule has 1 aliphatic heterocycles. The molecule has 4 nitrogen and oxygen atoms in total. The van der Waals surface area contributed by atoms with Crippen molar-refractivity contribution in [1.82, 2.24) is 0 Å². The summed E-state index contributed by atoms with van der Waals surface area (Å²) in [4.78, 5) is 22.2. The summed E-state index contributed by atoms with van der Waals surface area (Å²) in [5.74, 6) is -0.671. The third kappa shape index (κ3) is 1.61. The van der Waals surface area contributed by atoms with Crippen LogP contribution in [0.1, 0.15) is 32.6 Å². The molecule has 0 unspecified atom stereocenters. The summed E-state index contributed by atoms with van der Waals surface area (Å²) < 4.78 is 10.1. The van der Waals surface area contributed by atoms with Gasteiger partial charge in [0, 0.05) is 12.8 Å². The zero-order chi connectivity index (χ0) is 10.1. The summed E-state index contributed by atoms with van der Waals surface area (Å²) in [6, 6.07) is 0. The zero-order valence-corrected chi connectivity index (χ0v) is 8.19. The van der Waals surface area contributed by atoms with Crippen LogP contribution < -0.4 is 0 Å². The maximum Gasteiger partial charge on any atom is 0.348 e. The lowest BCUT2D eigenvalue weighted by molar-refractivity contribution is -0.160. The maximum atomic E-state index is 11.4. The molecular formula is C10H14O4. The number of hydrogen-bond acceptors (Lipinski definition) is 4. The predicted molar refractivity (Wildman–Crippen MR) is 47.4 cm³/mol. The van der Waals surface area contributed by atoms with Gasteiger partial charge in [-0.25, -0.2) is 4.79 Å². The van der Waals surface area contributed by atoms with E-state index in [9.17, 15) is 9.59 Å². The van der Waals surface area contributed by atoms with Gasteiger partial charge in [-0.2, -0.15) is 0 Å². The van der Waals surface area contributed by atoms with Crippen LogP contribution in [0.15, 0.2) is 0 Å². The minimum Gasteiger partial charge on any atom is -0.459 e. The molecular weight excluding hydrogens is 184 g/mol. The topological polar surface area (TPSA) is 52.6 Å². The molecule has 0 N–H and O–H groups in total. The summed E-state index contributed by atoms with van der Waals surface area (Å²) in [7, 11) is 0. The van der Waals surface area contributed by atoms with Crippen LogP contribution in [0.25, 0.3) is 0 Å². The van der Waals surface area contributed by atoms with Gasteiger partial charge in [0.1, 0.15) is 6.10 Å². The fraction of sp³-hybridized carbons (Fsp3) is 0.800. The first kappa shape index (κ1) is 9.49. The van der Waals surface area contributed by atoms with Crippen molar-refractivity contribution in [3.63, 3.8) is 0 Å². The molecule has 0 aromatic heterocycles. The van der Waals surface area contributed by atoms with Crippen LogP contribution in [0.3, 0.4) is 0 Å². The van der Waals surface area contributed by atoms with Crippen molar-refractivity contribution in [3.05, 3.63) is 0 Å². The molecule has 1 aliphatic carbocycles. The molecule has 0 bridgehead atoms. The Bertz CT molecular complexity index is 261. The fourth-order valence-electron chi connectivity index (χ4n) is 2.32. The second-order valence-electron chi connectivity index (χ2n) is 3.95. The number of rotatable bonds is 1. The number of carbonyl (C=O) groups excluding carboxylic acids is 2. The summed E-state index contributed by atoms with van der Waals surface area (Å²) in [5.41, 5.74) is 0. The van der Waals surface area contributed by atoms with E-state index in [0.29, 0.717) is 0 Å².